The van der Waals surface area contributed by atoms with E-state index in [1.807, 2.05) is 25.1 Å². The number of halogens is 1. The molecule has 3 N–H and O–H groups in total. The van der Waals surface area contributed by atoms with E-state index >= 15 is 0 Å². The number of carbonyl (C=O) groups excluding carboxylic acids is 2. The third kappa shape index (κ3) is 4.47. The molecule has 120 valence electrons. The predicted octanol–water partition coefficient (Wildman–Crippen LogP) is 3.49. The van der Waals surface area contributed by atoms with Crippen LogP contribution in [0.4, 0.5) is 10.5 Å². The number of benzene rings is 2. The van der Waals surface area contributed by atoms with Crippen molar-refractivity contribution < 1.29 is 9.59 Å². The molecule has 0 saturated heterocycles. The van der Waals surface area contributed by atoms with Crippen molar-refractivity contribution in [2.75, 3.05) is 11.9 Å². The first-order chi connectivity index (χ1) is 11.0. The Morgan fingerprint density at radius 3 is 2.35 bits per heavy atom. The van der Waals surface area contributed by atoms with Crippen molar-refractivity contribution in [3.8, 4) is 0 Å². The number of carbonyl (C=O) groups is 2. The number of urea groups is 1. The summed E-state index contributed by atoms with van der Waals surface area (Å²) in [5.74, 6) is -0.0990. The van der Waals surface area contributed by atoms with Crippen LogP contribution < -0.4 is 11.1 Å². The summed E-state index contributed by atoms with van der Waals surface area (Å²) < 4.78 is 0. The van der Waals surface area contributed by atoms with Crippen molar-refractivity contribution in [3.05, 3.63) is 64.7 Å². The van der Waals surface area contributed by atoms with Crippen molar-refractivity contribution >= 4 is 29.2 Å². The van der Waals surface area contributed by atoms with Gasteiger partial charge in [0.1, 0.15) is 0 Å². The minimum absolute atomic E-state index is 0.0990. The van der Waals surface area contributed by atoms with Gasteiger partial charge < -0.3 is 16.0 Å². The first-order valence-electron chi connectivity index (χ1n) is 7.20. The van der Waals surface area contributed by atoms with Crippen LogP contribution in [0.5, 0.6) is 0 Å². The molecule has 2 aromatic rings. The summed E-state index contributed by atoms with van der Waals surface area (Å²) in [6.07, 6.45) is 0. The number of anilines is 1. The molecule has 0 atom stereocenters. The Bertz CT molecular complexity index is 701. The quantitative estimate of drug-likeness (QED) is 0.879. The summed E-state index contributed by atoms with van der Waals surface area (Å²) in [7, 11) is 0. The SMILES string of the molecule is CCN(Cc1ccccc1Cl)C(=O)c1ccc(NC(N)=O)cc1. The Balaban J connectivity index is 2.13. The Morgan fingerprint density at radius 1 is 1.13 bits per heavy atom. The molecular weight excluding hydrogens is 314 g/mol. The number of nitrogens with one attached hydrogen (secondary N) is 1. The molecule has 0 heterocycles. The average molecular weight is 332 g/mol. The second kappa shape index (κ2) is 7.65. The standard InChI is InChI=1S/C17H18ClN3O2/c1-2-21(11-13-5-3-4-6-15(13)18)16(22)12-7-9-14(10-8-12)20-17(19)23/h3-10H,2,11H2,1H3,(H3,19,20,23). The van der Waals surface area contributed by atoms with Crippen LogP contribution in [-0.4, -0.2) is 23.4 Å². The molecule has 3 amide bonds. The minimum Gasteiger partial charge on any atom is -0.351 e. The molecule has 0 radical (unpaired) electrons. The maximum absolute atomic E-state index is 12.6. The van der Waals surface area contributed by atoms with Crippen molar-refractivity contribution in [1.82, 2.24) is 4.90 Å². The highest BCUT2D eigenvalue weighted by atomic mass is 35.5. The highest BCUT2D eigenvalue weighted by Gasteiger charge is 2.15. The van der Waals surface area contributed by atoms with E-state index in [9.17, 15) is 9.59 Å². The van der Waals surface area contributed by atoms with E-state index in [2.05, 4.69) is 5.32 Å². The second-order valence-corrected chi connectivity index (χ2v) is 5.38. The minimum atomic E-state index is -0.641. The third-order valence-electron chi connectivity index (χ3n) is 3.39. The molecule has 2 rings (SSSR count). The Hall–Kier alpha value is -2.53. The van der Waals surface area contributed by atoms with Gasteiger partial charge in [-0.1, -0.05) is 29.8 Å². The molecule has 0 aromatic heterocycles. The maximum atomic E-state index is 12.6. The molecule has 0 aliphatic carbocycles. The van der Waals surface area contributed by atoms with E-state index < -0.39 is 6.03 Å². The fourth-order valence-corrected chi connectivity index (χ4v) is 2.38. The number of primary amides is 1. The molecule has 0 bridgehead atoms. The van der Waals surface area contributed by atoms with Gasteiger partial charge in [0.15, 0.2) is 0 Å². The van der Waals surface area contributed by atoms with Crippen LogP contribution in [0.15, 0.2) is 48.5 Å². The largest absolute Gasteiger partial charge is 0.351 e. The van der Waals surface area contributed by atoms with Crippen LogP contribution >= 0.6 is 11.6 Å². The van der Waals surface area contributed by atoms with Gasteiger partial charge in [0.25, 0.3) is 5.91 Å². The molecule has 0 unspecified atom stereocenters. The van der Waals surface area contributed by atoms with Crippen LogP contribution in [-0.2, 0) is 6.54 Å². The zero-order valence-corrected chi connectivity index (χ0v) is 13.5. The van der Waals surface area contributed by atoms with Crippen molar-refractivity contribution in [2.45, 2.75) is 13.5 Å². The van der Waals surface area contributed by atoms with Gasteiger partial charge in [-0.3, -0.25) is 4.79 Å². The molecule has 0 fully saturated rings. The first kappa shape index (κ1) is 16.8. The summed E-state index contributed by atoms with van der Waals surface area (Å²) in [5.41, 5.74) is 7.03. The summed E-state index contributed by atoms with van der Waals surface area (Å²) in [4.78, 5) is 25.1. The molecule has 0 aliphatic rings. The van der Waals surface area contributed by atoms with Gasteiger partial charge in [0.2, 0.25) is 0 Å². The Morgan fingerprint density at radius 2 is 1.78 bits per heavy atom. The number of hydrogen-bond acceptors (Lipinski definition) is 2. The van der Waals surface area contributed by atoms with E-state index in [0.717, 1.165) is 5.56 Å². The number of nitrogens with zero attached hydrogens (tertiary/aromatic N) is 1. The lowest BCUT2D eigenvalue weighted by Crippen LogP contribution is -2.30. The predicted molar refractivity (Wildman–Crippen MR) is 91.5 cm³/mol. The lowest BCUT2D eigenvalue weighted by molar-refractivity contribution is 0.0752. The highest BCUT2D eigenvalue weighted by molar-refractivity contribution is 6.31. The van der Waals surface area contributed by atoms with E-state index in [1.54, 1.807) is 35.2 Å². The topological polar surface area (TPSA) is 75.4 Å². The number of rotatable bonds is 5. The zero-order chi connectivity index (χ0) is 16.8. The third-order valence-corrected chi connectivity index (χ3v) is 3.76. The second-order valence-electron chi connectivity index (χ2n) is 4.98. The average Bonchev–Trinajstić information content (AvgIpc) is 2.54. The monoisotopic (exact) mass is 331 g/mol. The van der Waals surface area contributed by atoms with E-state index in [1.165, 1.54) is 0 Å². The van der Waals surface area contributed by atoms with Crippen LogP contribution in [0.3, 0.4) is 0 Å². The normalized spacial score (nSPS) is 10.2. The van der Waals surface area contributed by atoms with Crippen LogP contribution in [0, 0.1) is 0 Å². The lowest BCUT2D eigenvalue weighted by atomic mass is 10.1. The highest BCUT2D eigenvalue weighted by Crippen LogP contribution is 2.19. The molecule has 5 nitrogen and oxygen atoms in total. The molecule has 0 saturated carbocycles. The summed E-state index contributed by atoms with van der Waals surface area (Å²) in [5, 5.41) is 3.10. The van der Waals surface area contributed by atoms with Gasteiger partial charge in [0.05, 0.1) is 0 Å². The first-order valence-corrected chi connectivity index (χ1v) is 7.58. The molecule has 0 aliphatic heterocycles. The Labute approximate surface area is 140 Å². The van der Waals surface area contributed by atoms with Crippen LogP contribution in [0.1, 0.15) is 22.8 Å². The van der Waals surface area contributed by atoms with E-state index in [-0.39, 0.29) is 5.91 Å². The van der Waals surface area contributed by atoms with Gasteiger partial charge in [0, 0.05) is 29.4 Å². The fourth-order valence-electron chi connectivity index (χ4n) is 2.18. The smallest absolute Gasteiger partial charge is 0.316 e. The maximum Gasteiger partial charge on any atom is 0.316 e. The number of amides is 3. The Kier molecular flexibility index (Phi) is 5.60. The van der Waals surface area contributed by atoms with Gasteiger partial charge in [-0.25, -0.2) is 4.79 Å². The molecule has 23 heavy (non-hydrogen) atoms. The molecule has 6 heteroatoms. The van der Waals surface area contributed by atoms with Crippen LogP contribution in [0.2, 0.25) is 5.02 Å². The van der Waals surface area contributed by atoms with Crippen molar-refractivity contribution in [3.63, 3.8) is 0 Å². The van der Waals surface area contributed by atoms with E-state index in [4.69, 9.17) is 17.3 Å². The van der Waals surface area contributed by atoms with Gasteiger partial charge in [-0.2, -0.15) is 0 Å². The lowest BCUT2D eigenvalue weighted by Gasteiger charge is -2.21. The fraction of sp³-hybridized carbons (Fsp3) is 0.176. The van der Waals surface area contributed by atoms with Gasteiger partial charge >= 0.3 is 6.03 Å². The number of hydrogen-bond donors (Lipinski definition) is 2. The molecule has 0 spiro atoms. The summed E-state index contributed by atoms with van der Waals surface area (Å²) in [6.45, 7) is 2.92. The van der Waals surface area contributed by atoms with Gasteiger partial charge in [-0.05, 0) is 42.8 Å². The summed E-state index contributed by atoms with van der Waals surface area (Å²) in [6, 6.07) is 13.4. The molecular formula is C17H18ClN3O2. The molecule has 2 aromatic carbocycles. The van der Waals surface area contributed by atoms with Crippen molar-refractivity contribution in [1.29, 1.82) is 0 Å². The number of nitrogens with two attached hydrogens (primary N) is 1. The van der Waals surface area contributed by atoms with Gasteiger partial charge in [-0.15, -0.1) is 0 Å². The van der Waals surface area contributed by atoms with Crippen molar-refractivity contribution in [2.24, 2.45) is 5.73 Å². The summed E-state index contributed by atoms with van der Waals surface area (Å²) >= 11 is 6.16. The van der Waals surface area contributed by atoms with Crippen LogP contribution in [0.25, 0.3) is 0 Å². The zero-order valence-electron chi connectivity index (χ0n) is 12.8. The van der Waals surface area contributed by atoms with E-state index in [0.29, 0.717) is 29.4 Å².